The van der Waals surface area contributed by atoms with Crippen LogP contribution in [0.2, 0.25) is 0 Å². The number of benzene rings is 1. The fraction of sp³-hybridized carbons (Fsp3) is 0.200. The second kappa shape index (κ2) is 5.97. The van der Waals surface area contributed by atoms with Crippen molar-refractivity contribution in [2.75, 3.05) is 14.2 Å². The molecule has 0 fully saturated rings. The van der Waals surface area contributed by atoms with Crippen LogP contribution in [0.15, 0.2) is 42.3 Å². The van der Waals surface area contributed by atoms with E-state index in [1.807, 2.05) is 22.9 Å². The van der Waals surface area contributed by atoms with Crippen LogP contribution in [0.4, 0.5) is 0 Å². The molecule has 0 saturated heterocycles. The van der Waals surface area contributed by atoms with Gasteiger partial charge in [-0.25, -0.2) is 9.67 Å². The highest BCUT2D eigenvalue weighted by atomic mass is 32.1. The summed E-state index contributed by atoms with van der Waals surface area (Å²) in [5, 5.41) is 6.25. The minimum absolute atomic E-state index is 0.734. The van der Waals surface area contributed by atoms with E-state index in [0.29, 0.717) is 0 Å². The first kappa shape index (κ1) is 13.6. The maximum Gasteiger partial charge on any atom is 0.161 e. The number of rotatable bonds is 5. The third-order valence-corrected chi connectivity index (χ3v) is 4.08. The van der Waals surface area contributed by atoms with Gasteiger partial charge in [0.15, 0.2) is 11.5 Å². The minimum Gasteiger partial charge on any atom is -0.493 e. The molecule has 0 bridgehead atoms. The zero-order valence-corrected chi connectivity index (χ0v) is 12.6. The smallest absolute Gasteiger partial charge is 0.161 e. The van der Waals surface area contributed by atoms with E-state index in [-0.39, 0.29) is 0 Å². The van der Waals surface area contributed by atoms with E-state index in [9.17, 15) is 0 Å². The van der Waals surface area contributed by atoms with Crippen molar-refractivity contribution in [3.05, 3.63) is 47.2 Å². The van der Waals surface area contributed by atoms with Gasteiger partial charge in [-0.2, -0.15) is 5.10 Å². The van der Waals surface area contributed by atoms with Crippen molar-refractivity contribution in [1.29, 1.82) is 0 Å². The van der Waals surface area contributed by atoms with Crippen LogP contribution >= 0.6 is 11.3 Å². The predicted molar refractivity (Wildman–Crippen MR) is 82.0 cm³/mol. The lowest BCUT2D eigenvalue weighted by molar-refractivity contribution is 0.355. The number of ether oxygens (including phenoxy) is 2. The Hall–Kier alpha value is -2.34. The van der Waals surface area contributed by atoms with Crippen molar-refractivity contribution in [2.45, 2.75) is 6.54 Å². The quantitative estimate of drug-likeness (QED) is 0.726. The van der Waals surface area contributed by atoms with Crippen molar-refractivity contribution in [3.8, 4) is 22.6 Å². The fourth-order valence-corrected chi connectivity index (χ4v) is 2.99. The van der Waals surface area contributed by atoms with Gasteiger partial charge in [0.1, 0.15) is 12.7 Å². The Morgan fingerprint density at radius 2 is 1.95 bits per heavy atom. The lowest BCUT2D eigenvalue weighted by Crippen LogP contribution is -1.97. The van der Waals surface area contributed by atoms with Gasteiger partial charge in [-0.05, 0) is 34.7 Å². The summed E-state index contributed by atoms with van der Waals surface area (Å²) < 4.78 is 12.4. The molecule has 0 spiro atoms. The molecule has 3 aromatic rings. The van der Waals surface area contributed by atoms with Gasteiger partial charge in [0.2, 0.25) is 0 Å². The summed E-state index contributed by atoms with van der Waals surface area (Å²) in [7, 11) is 3.28. The number of thiophene rings is 1. The summed E-state index contributed by atoms with van der Waals surface area (Å²) in [6, 6.07) is 8.10. The highest BCUT2D eigenvalue weighted by Gasteiger charge is 2.08. The molecule has 0 unspecified atom stereocenters. The normalized spacial score (nSPS) is 10.6. The maximum absolute atomic E-state index is 5.35. The molecule has 3 rings (SSSR count). The van der Waals surface area contributed by atoms with Gasteiger partial charge in [0.05, 0.1) is 20.8 Å². The number of aromatic nitrogens is 3. The molecule has 2 heterocycles. The molecular weight excluding hydrogens is 286 g/mol. The van der Waals surface area contributed by atoms with Gasteiger partial charge in [-0.15, -0.1) is 11.3 Å². The molecule has 108 valence electrons. The molecule has 6 heteroatoms. The number of methoxy groups -OCH3 is 2. The summed E-state index contributed by atoms with van der Waals surface area (Å²) in [5.74, 6) is 1.47. The van der Waals surface area contributed by atoms with Gasteiger partial charge in [-0.3, -0.25) is 0 Å². The molecule has 0 radical (unpaired) electrons. The largest absolute Gasteiger partial charge is 0.493 e. The maximum atomic E-state index is 5.35. The molecule has 0 aliphatic carbocycles. The first-order valence-corrected chi connectivity index (χ1v) is 7.30. The monoisotopic (exact) mass is 301 g/mol. The average molecular weight is 301 g/mol. The minimum atomic E-state index is 0.734. The summed E-state index contributed by atoms with van der Waals surface area (Å²) >= 11 is 1.71. The van der Waals surface area contributed by atoms with Crippen LogP contribution < -0.4 is 9.47 Å². The van der Waals surface area contributed by atoms with E-state index in [1.165, 1.54) is 4.88 Å². The van der Waals surface area contributed by atoms with Crippen molar-refractivity contribution in [2.24, 2.45) is 0 Å². The Morgan fingerprint density at radius 1 is 1.10 bits per heavy atom. The molecule has 0 amide bonds. The zero-order chi connectivity index (χ0) is 14.7. The third-order valence-electron chi connectivity index (χ3n) is 3.16. The van der Waals surface area contributed by atoms with Gasteiger partial charge in [-0.1, -0.05) is 6.07 Å². The zero-order valence-electron chi connectivity index (χ0n) is 11.8. The number of nitrogens with zero attached hydrogens (tertiary/aromatic N) is 3. The molecule has 1 aromatic carbocycles. The van der Waals surface area contributed by atoms with Crippen molar-refractivity contribution in [1.82, 2.24) is 14.8 Å². The van der Waals surface area contributed by atoms with E-state index in [4.69, 9.17) is 9.47 Å². The molecule has 5 nitrogen and oxygen atoms in total. The van der Waals surface area contributed by atoms with E-state index < -0.39 is 0 Å². The molecule has 0 atom stereocenters. The van der Waals surface area contributed by atoms with E-state index in [0.717, 1.165) is 29.2 Å². The first-order chi connectivity index (χ1) is 10.3. The fourth-order valence-electron chi connectivity index (χ4n) is 2.10. The molecule has 0 N–H and O–H groups in total. The molecule has 0 aliphatic rings. The first-order valence-electron chi connectivity index (χ1n) is 6.42. The Bertz CT molecular complexity index is 722. The highest BCUT2D eigenvalue weighted by molar-refractivity contribution is 7.10. The Kier molecular flexibility index (Phi) is 3.87. The Balaban J connectivity index is 1.85. The SMILES string of the molecule is COc1ccc(-c2csc(Cn3cncn3)c2)cc1OC. The second-order valence-electron chi connectivity index (χ2n) is 4.46. The molecular formula is C15H15N3O2S. The molecule has 0 aliphatic heterocycles. The van der Waals surface area contributed by atoms with Crippen LogP contribution in [0.1, 0.15) is 4.88 Å². The van der Waals surface area contributed by atoms with Gasteiger partial charge in [0.25, 0.3) is 0 Å². The van der Waals surface area contributed by atoms with Gasteiger partial charge >= 0.3 is 0 Å². The van der Waals surface area contributed by atoms with E-state index >= 15 is 0 Å². The number of hydrogen-bond acceptors (Lipinski definition) is 5. The summed E-state index contributed by atoms with van der Waals surface area (Å²) in [4.78, 5) is 5.18. The van der Waals surface area contributed by atoms with Crippen LogP contribution in [-0.2, 0) is 6.54 Å². The summed E-state index contributed by atoms with van der Waals surface area (Å²) in [6.45, 7) is 0.734. The Morgan fingerprint density at radius 3 is 2.67 bits per heavy atom. The van der Waals surface area contributed by atoms with Crippen LogP contribution in [0.5, 0.6) is 11.5 Å². The lowest BCUT2D eigenvalue weighted by atomic mass is 10.1. The van der Waals surface area contributed by atoms with Crippen LogP contribution in [0.25, 0.3) is 11.1 Å². The van der Waals surface area contributed by atoms with E-state index in [2.05, 4.69) is 21.5 Å². The molecule has 0 saturated carbocycles. The van der Waals surface area contributed by atoms with Gasteiger partial charge < -0.3 is 9.47 Å². The second-order valence-corrected chi connectivity index (χ2v) is 5.46. The average Bonchev–Trinajstić information content (AvgIpc) is 3.19. The van der Waals surface area contributed by atoms with Crippen LogP contribution in [0.3, 0.4) is 0 Å². The Labute approximate surface area is 126 Å². The highest BCUT2D eigenvalue weighted by Crippen LogP contribution is 2.34. The van der Waals surface area contributed by atoms with Crippen molar-refractivity contribution >= 4 is 11.3 Å². The van der Waals surface area contributed by atoms with Gasteiger partial charge in [0, 0.05) is 4.88 Å². The van der Waals surface area contributed by atoms with Crippen LogP contribution in [-0.4, -0.2) is 29.0 Å². The van der Waals surface area contributed by atoms with Crippen LogP contribution in [0, 0.1) is 0 Å². The summed E-state index contributed by atoms with van der Waals surface area (Å²) in [6.07, 6.45) is 3.26. The predicted octanol–water partition coefficient (Wildman–Crippen LogP) is 3.07. The third kappa shape index (κ3) is 2.90. The van der Waals surface area contributed by atoms with E-state index in [1.54, 1.807) is 38.2 Å². The summed E-state index contributed by atoms with van der Waals surface area (Å²) in [5.41, 5.74) is 2.27. The standard InChI is InChI=1S/C15H15N3O2S/c1-19-14-4-3-11(6-15(14)20-2)12-5-13(21-8-12)7-18-10-16-9-17-18/h3-6,8-10H,7H2,1-2H3. The number of hydrogen-bond donors (Lipinski definition) is 0. The molecule has 2 aromatic heterocycles. The van der Waals surface area contributed by atoms with Crippen molar-refractivity contribution < 1.29 is 9.47 Å². The lowest BCUT2D eigenvalue weighted by Gasteiger charge is -2.08. The topological polar surface area (TPSA) is 49.2 Å². The molecule has 21 heavy (non-hydrogen) atoms. The van der Waals surface area contributed by atoms with Crippen molar-refractivity contribution in [3.63, 3.8) is 0 Å².